The Morgan fingerprint density at radius 2 is 1.73 bits per heavy atom. The van der Waals surface area contributed by atoms with Crippen molar-refractivity contribution < 1.29 is 13.2 Å². The van der Waals surface area contributed by atoms with Crippen molar-refractivity contribution in [2.75, 3.05) is 0 Å². The van der Waals surface area contributed by atoms with Crippen LogP contribution in [0.25, 0.3) is 33.6 Å². The fourth-order valence-corrected chi connectivity index (χ4v) is 2.43. The van der Waals surface area contributed by atoms with E-state index in [1.54, 1.807) is 25.3 Å². The molecule has 0 radical (unpaired) electrons. The molecule has 4 aromatic rings. The first-order chi connectivity index (χ1) is 10.7. The summed E-state index contributed by atoms with van der Waals surface area (Å²) in [7, 11) is 0. The summed E-state index contributed by atoms with van der Waals surface area (Å²) in [5.74, 6) is 0.713. The van der Waals surface area contributed by atoms with E-state index in [0.717, 1.165) is 27.7 Å². The Labute approximate surface area is 125 Å². The topological polar surface area (TPSA) is 52.1 Å². The number of hydrogen-bond donors (Lipinski definition) is 0. The maximum atomic E-state index is 13.1. The number of hydrogen-bond acceptors (Lipinski definition) is 4. The highest BCUT2D eigenvalue weighted by Gasteiger charge is 2.12. The van der Waals surface area contributed by atoms with Crippen molar-refractivity contribution in [1.82, 2.24) is 10.2 Å². The molecule has 2 aromatic carbocycles. The van der Waals surface area contributed by atoms with Gasteiger partial charge in [0.15, 0.2) is 0 Å². The predicted octanol–water partition coefficient (Wildman–Crippen LogP) is 4.60. The zero-order valence-electron chi connectivity index (χ0n) is 11.7. The number of furan rings is 1. The molecule has 0 spiro atoms. The average molecular weight is 294 g/mol. The van der Waals surface area contributed by atoms with Crippen LogP contribution in [0, 0.1) is 12.7 Å². The molecule has 5 heteroatoms. The van der Waals surface area contributed by atoms with E-state index >= 15 is 0 Å². The monoisotopic (exact) mass is 294 g/mol. The van der Waals surface area contributed by atoms with Gasteiger partial charge in [0.2, 0.25) is 11.8 Å². The van der Waals surface area contributed by atoms with Gasteiger partial charge in [-0.15, -0.1) is 10.2 Å². The quantitative estimate of drug-likeness (QED) is 0.542. The molecule has 0 bridgehead atoms. The van der Waals surface area contributed by atoms with Crippen molar-refractivity contribution in [3.8, 4) is 22.6 Å². The number of halogens is 1. The molecule has 22 heavy (non-hydrogen) atoms. The van der Waals surface area contributed by atoms with Crippen molar-refractivity contribution >= 4 is 11.0 Å². The first kappa shape index (κ1) is 12.8. The lowest BCUT2D eigenvalue weighted by Gasteiger charge is -2.00. The Bertz CT molecular complexity index is 954. The average Bonchev–Trinajstić information content (AvgIpc) is 3.14. The predicted molar refractivity (Wildman–Crippen MR) is 79.6 cm³/mol. The molecule has 2 aromatic heterocycles. The van der Waals surface area contributed by atoms with Crippen LogP contribution in [-0.4, -0.2) is 10.2 Å². The second-order valence-electron chi connectivity index (χ2n) is 4.99. The molecule has 0 amide bonds. The lowest BCUT2D eigenvalue weighted by atomic mass is 10.0. The SMILES string of the molecule is Cc1nnc(-c2ccc3occ(-c4ccc(F)cc4)c3c2)o1. The van der Waals surface area contributed by atoms with Crippen LogP contribution in [0.5, 0.6) is 0 Å². The number of benzene rings is 2. The Kier molecular flexibility index (Phi) is 2.79. The smallest absolute Gasteiger partial charge is 0.247 e. The van der Waals surface area contributed by atoms with Gasteiger partial charge in [0.25, 0.3) is 0 Å². The van der Waals surface area contributed by atoms with E-state index in [-0.39, 0.29) is 5.82 Å². The van der Waals surface area contributed by atoms with Gasteiger partial charge in [0, 0.05) is 23.4 Å². The Hall–Kier alpha value is -2.95. The molecule has 0 N–H and O–H groups in total. The highest BCUT2D eigenvalue weighted by atomic mass is 19.1. The van der Waals surface area contributed by atoms with Crippen LogP contribution < -0.4 is 0 Å². The van der Waals surface area contributed by atoms with E-state index in [1.165, 1.54) is 12.1 Å². The van der Waals surface area contributed by atoms with E-state index in [2.05, 4.69) is 10.2 Å². The van der Waals surface area contributed by atoms with Gasteiger partial charge < -0.3 is 8.83 Å². The number of fused-ring (bicyclic) bond motifs is 1. The van der Waals surface area contributed by atoms with Gasteiger partial charge in [-0.05, 0) is 35.9 Å². The van der Waals surface area contributed by atoms with Crippen LogP contribution in [0.4, 0.5) is 4.39 Å². The van der Waals surface area contributed by atoms with Gasteiger partial charge in [0.05, 0.1) is 6.26 Å². The van der Waals surface area contributed by atoms with Gasteiger partial charge in [-0.3, -0.25) is 0 Å². The van der Waals surface area contributed by atoms with Crippen LogP contribution in [0.3, 0.4) is 0 Å². The molecule has 108 valence electrons. The summed E-state index contributed by atoms with van der Waals surface area (Å²) in [4.78, 5) is 0. The zero-order chi connectivity index (χ0) is 15.1. The van der Waals surface area contributed by atoms with Crippen molar-refractivity contribution in [2.45, 2.75) is 6.92 Å². The van der Waals surface area contributed by atoms with Crippen LogP contribution in [0.15, 0.2) is 57.6 Å². The zero-order valence-corrected chi connectivity index (χ0v) is 11.7. The molecule has 0 saturated heterocycles. The van der Waals surface area contributed by atoms with Crippen molar-refractivity contribution in [1.29, 1.82) is 0 Å². The molecule has 0 atom stereocenters. The van der Waals surface area contributed by atoms with E-state index in [0.29, 0.717) is 11.8 Å². The van der Waals surface area contributed by atoms with Gasteiger partial charge in [-0.1, -0.05) is 12.1 Å². The molecule has 2 heterocycles. The number of nitrogens with zero attached hydrogens (tertiary/aromatic N) is 2. The van der Waals surface area contributed by atoms with Gasteiger partial charge in [0.1, 0.15) is 11.4 Å². The molecule has 0 unspecified atom stereocenters. The van der Waals surface area contributed by atoms with Crippen molar-refractivity contribution in [3.05, 3.63) is 60.4 Å². The molecule has 4 rings (SSSR count). The molecule has 0 aliphatic heterocycles. The minimum atomic E-state index is -0.265. The second-order valence-corrected chi connectivity index (χ2v) is 4.99. The van der Waals surface area contributed by atoms with E-state index in [9.17, 15) is 4.39 Å². The minimum Gasteiger partial charge on any atom is -0.464 e. The Morgan fingerprint density at radius 3 is 2.45 bits per heavy atom. The van der Waals surface area contributed by atoms with E-state index in [4.69, 9.17) is 8.83 Å². The van der Waals surface area contributed by atoms with Crippen LogP contribution >= 0.6 is 0 Å². The number of aromatic nitrogens is 2. The molecule has 4 nitrogen and oxygen atoms in total. The summed E-state index contributed by atoms with van der Waals surface area (Å²) in [6.45, 7) is 1.75. The van der Waals surface area contributed by atoms with Crippen LogP contribution in [0.1, 0.15) is 5.89 Å². The van der Waals surface area contributed by atoms with Gasteiger partial charge >= 0.3 is 0 Å². The largest absolute Gasteiger partial charge is 0.464 e. The molecule has 0 saturated carbocycles. The Balaban J connectivity index is 1.88. The van der Waals surface area contributed by atoms with Crippen LogP contribution in [0.2, 0.25) is 0 Å². The highest BCUT2D eigenvalue weighted by molar-refractivity contribution is 5.96. The minimum absolute atomic E-state index is 0.265. The third kappa shape index (κ3) is 2.07. The summed E-state index contributed by atoms with van der Waals surface area (Å²) < 4.78 is 24.1. The first-order valence-corrected chi connectivity index (χ1v) is 6.78. The lowest BCUT2D eigenvalue weighted by Crippen LogP contribution is -1.80. The fourth-order valence-electron chi connectivity index (χ4n) is 2.43. The summed E-state index contributed by atoms with van der Waals surface area (Å²) >= 11 is 0. The molecule has 0 aliphatic rings. The molecular formula is C17H11FN2O2. The van der Waals surface area contributed by atoms with E-state index < -0.39 is 0 Å². The third-order valence-electron chi connectivity index (χ3n) is 3.50. The summed E-state index contributed by atoms with van der Waals surface area (Å²) in [5, 5.41) is 8.78. The normalized spacial score (nSPS) is 11.2. The van der Waals surface area contributed by atoms with Gasteiger partial charge in [-0.2, -0.15) is 0 Å². The maximum absolute atomic E-state index is 13.1. The van der Waals surface area contributed by atoms with Crippen LogP contribution in [-0.2, 0) is 0 Å². The summed E-state index contributed by atoms with van der Waals surface area (Å²) in [5.41, 5.74) is 3.35. The molecular weight excluding hydrogens is 283 g/mol. The fraction of sp³-hybridized carbons (Fsp3) is 0.0588. The highest BCUT2D eigenvalue weighted by Crippen LogP contribution is 2.33. The summed E-state index contributed by atoms with van der Waals surface area (Å²) in [6, 6.07) is 12.0. The summed E-state index contributed by atoms with van der Waals surface area (Å²) in [6.07, 6.45) is 1.67. The Morgan fingerprint density at radius 1 is 0.955 bits per heavy atom. The number of rotatable bonds is 2. The number of aryl methyl sites for hydroxylation is 1. The molecule has 0 fully saturated rings. The van der Waals surface area contributed by atoms with Crippen molar-refractivity contribution in [3.63, 3.8) is 0 Å². The first-order valence-electron chi connectivity index (χ1n) is 6.78. The second kappa shape index (κ2) is 4.80. The van der Waals surface area contributed by atoms with Gasteiger partial charge in [-0.25, -0.2) is 4.39 Å². The third-order valence-corrected chi connectivity index (χ3v) is 3.50. The lowest BCUT2D eigenvalue weighted by molar-refractivity contribution is 0.533. The van der Waals surface area contributed by atoms with E-state index in [1.807, 2.05) is 18.2 Å². The standard InChI is InChI=1S/C17H11FN2O2/c1-10-19-20-17(22-10)12-4-7-16-14(8-12)15(9-21-16)11-2-5-13(18)6-3-11/h2-9H,1H3. The molecule has 0 aliphatic carbocycles. The van der Waals surface area contributed by atoms with Crippen molar-refractivity contribution in [2.24, 2.45) is 0 Å². The maximum Gasteiger partial charge on any atom is 0.247 e.